The molecular weight excluding hydrogens is 589 g/mol. The number of halogens is 3. The molecule has 0 aromatic heterocycles. The van der Waals surface area contributed by atoms with Crippen LogP contribution in [0.2, 0.25) is 0 Å². The van der Waals surface area contributed by atoms with E-state index in [2.05, 4.69) is 0 Å². The largest absolute Gasteiger partial charge is 0.416 e. The Balaban J connectivity index is 1.99. The van der Waals surface area contributed by atoms with E-state index in [1.807, 2.05) is 6.07 Å². The number of nitriles is 1. The van der Waals surface area contributed by atoms with Gasteiger partial charge in [-0.2, -0.15) is 29.0 Å². The summed E-state index contributed by atoms with van der Waals surface area (Å²) < 4.78 is 67.5. The molecule has 230 valence electrons. The SMILES string of the molecule is COCCN(C)C(=O)CN1C(=O)N(c2cccc(C(F)(F)F)c2)C2=C(C(=O)CCC2)C1c1ccc(C#N)cc1S(C)(O)O. The van der Waals surface area contributed by atoms with Gasteiger partial charge in [-0.3, -0.25) is 23.6 Å². The van der Waals surface area contributed by atoms with E-state index in [9.17, 15) is 41.9 Å². The normalized spacial score (nSPS) is 18.0. The van der Waals surface area contributed by atoms with Crippen molar-refractivity contribution >= 4 is 34.0 Å². The number of ether oxygens (including phenoxy) is 1. The van der Waals surface area contributed by atoms with Crippen LogP contribution < -0.4 is 4.90 Å². The second-order valence-corrected chi connectivity index (χ2v) is 12.4. The van der Waals surface area contributed by atoms with Gasteiger partial charge in [0, 0.05) is 50.2 Å². The molecule has 2 aromatic carbocycles. The van der Waals surface area contributed by atoms with Crippen LogP contribution >= 0.6 is 10.6 Å². The Labute approximate surface area is 248 Å². The third-order valence-electron chi connectivity index (χ3n) is 7.37. The number of hydrogen-bond donors (Lipinski definition) is 2. The van der Waals surface area contributed by atoms with Crippen molar-refractivity contribution in [3.63, 3.8) is 0 Å². The molecule has 1 atom stereocenters. The first-order valence-electron chi connectivity index (χ1n) is 13.2. The van der Waals surface area contributed by atoms with Crippen LogP contribution in [-0.4, -0.2) is 76.7 Å². The zero-order chi connectivity index (χ0) is 31.7. The molecule has 0 saturated heterocycles. The molecule has 2 aromatic rings. The van der Waals surface area contributed by atoms with E-state index < -0.39 is 52.6 Å². The number of rotatable bonds is 8. The predicted molar refractivity (Wildman–Crippen MR) is 152 cm³/mol. The Bertz CT molecular complexity index is 1510. The summed E-state index contributed by atoms with van der Waals surface area (Å²) in [6.45, 7) is -0.226. The van der Waals surface area contributed by atoms with E-state index in [4.69, 9.17) is 4.74 Å². The molecule has 3 amide bonds. The van der Waals surface area contributed by atoms with E-state index >= 15 is 0 Å². The summed E-state index contributed by atoms with van der Waals surface area (Å²) >= 11 is 0. The minimum Gasteiger partial charge on any atom is -0.383 e. The van der Waals surface area contributed by atoms with Crippen LogP contribution in [0.3, 0.4) is 0 Å². The third kappa shape index (κ3) is 6.54. The maximum atomic E-state index is 14.3. The number of carbonyl (C=O) groups is 3. The highest BCUT2D eigenvalue weighted by Crippen LogP contribution is 2.52. The number of amides is 3. The van der Waals surface area contributed by atoms with Crippen molar-refractivity contribution in [1.29, 1.82) is 5.26 Å². The van der Waals surface area contributed by atoms with E-state index in [-0.39, 0.29) is 59.0 Å². The first-order chi connectivity index (χ1) is 20.2. The van der Waals surface area contributed by atoms with Crippen molar-refractivity contribution < 1.29 is 41.4 Å². The second-order valence-electron chi connectivity index (χ2n) is 10.3. The minimum absolute atomic E-state index is 0.0604. The number of urea groups is 1. The molecule has 0 spiro atoms. The Morgan fingerprint density at radius 2 is 1.91 bits per heavy atom. The molecule has 4 rings (SSSR count). The quantitative estimate of drug-likeness (QED) is 0.403. The Morgan fingerprint density at radius 1 is 1.19 bits per heavy atom. The fraction of sp³-hybridized carbons (Fsp3) is 0.379. The number of hydrogen-bond acceptors (Lipinski definition) is 7. The van der Waals surface area contributed by atoms with Crippen LogP contribution in [0.25, 0.3) is 0 Å². The number of ketones is 1. The predicted octanol–water partition coefficient (Wildman–Crippen LogP) is 5.41. The van der Waals surface area contributed by atoms with Crippen LogP contribution in [0, 0.1) is 11.3 Å². The van der Waals surface area contributed by atoms with E-state index in [0.717, 1.165) is 34.3 Å². The smallest absolute Gasteiger partial charge is 0.383 e. The lowest BCUT2D eigenvalue weighted by Gasteiger charge is -2.46. The number of carbonyl (C=O) groups excluding carboxylic acids is 3. The fourth-order valence-corrected chi connectivity index (χ4v) is 6.23. The number of methoxy groups -OCH3 is 1. The van der Waals surface area contributed by atoms with E-state index in [1.165, 1.54) is 43.3 Å². The first kappa shape index (κ1) is 32.0. The third-order valence-corrected chi connectivity index (χ3v) is 8.56. The van der Waals surface area contributed by atoms with Gasteiger partial charge in [-0.1, -0.05) is 12.1 Å². The van der Waals surface area contributed by atoms with Crippen molar-refractivity contribution in [3.05, 3.63) is 70.4 Å². The lowest BCUT2D eigenvalue weighted by Crippen LogP contribution is -2.55. The molecule has 1 aliphatic heterocycles. The molecular formula is C29H31F3N4O6S. The van der Waals surface area contributed by atoms with Crippen LogP contribution in [0.4, 0.5) is 23.7 Å². The van der Waals surface area contributed by atoms with Gasteiger partial charge in [-0.25, -0.2) is 4.79 Å². The van der Waals surface area contributed by atoms with Crippen LogP contribution in [-0.2, 0) is 20.5 Å². The van der Waals surface area contributed by atoms with Gasteiger partial charge in [0.1, 0.15) is 6.54 Å². The van der Waals surface area contributed by atoms with Gasteiger partial charge in [0.05, 0.1) is 40.4 Å². The molecule has 1 unspecified atom stereocenters. The molecule has 0 fully saturated rings. The van der Waals surface area contributed by atoms with E-state index in [0.29, 0.717) is 6.42 Å². The van der Waals surface area contributed by atoms with Crippen molar-refractivity contribution in [2.24, 2.45) is 0 Å². The summed E-state index contributed by atoms with van der Waals surface area (Å²) in [5, 5.41) is 9.46. The fourth-order valence-electron chi connectivity index (χ4n) is 5.25. The molecule has 43 heavy (non-hydrogen) atoms. The minimum atomic E-state index is -4.70. The highest BCUT2D eigenvalue weighted by Gasteiger charge is 2.47. The summed E-state index contributed by atoms with van der Waals surface area (Å²) in [7, 11) is -0.590. The molecule has 1 heterocycles. The molecule has 2 N–H and O–H groups in total. The topological polar surface area (TPSA) is 134 Å². The maximum absolute atomic E-state index is 14.3. The number of alkyl halides is 3. The van der Waals surface area contributed by atoms with Crippen LogP contribution in [0.5, 0.6) is 0 Å². The standard InChI is InChI=1S/C29H31F3N4O6S/c1-34(12-13-42-2)25(38)17-35-27(21-11-10-18(16-33)14-24(21)43(3,40)41)26-22(8-5-9-23(26)37)36(28(35)39)20-7-4-6-19(15-20)29(30,31)32/h4,6-7,10-11,14-15,27,40-41H,5,8-9,12-13,17H2,1-3H3. The van der Waals surface area contributed by atoms with Crippen molar-refractivity contribution in [1.82, 2.24) is 9.80 Å². The average molecular weight is 621 g/mol. The summed E-state index contributed by atoms with van der Waals surface area (Å²) in [6, 6.07) is 7.97. The average Bonchev–Trinajstić information content (AvgIpc) is 2.95. The number of likely N-dealkylation sites (N-methyl/N-ethyl adjacent to an activating group) is 1. The summed E-state index contributed by atoms with van der Waals surface area (Å²) in [5.41, 5.74) is -0.686. The van der Waals surface area contributed by atoms with Gasteiger partial charge in [0.15, 0.2) is 5.78 Å². The van der Waals surface area contributed by atoms with Gasteiger partial charge in [-0.15, -0.1) is 0 Å². The molecule has 14 heteroatoms. The number of Topliss-reactive ketones (excluding diaryl/α,β-unsaturated/α-hetero) is 1. The van der Waals surface area contributed by atoms with Crippen molar-refractivity contribution in [2.45, 2.75) is 36.4 Å². The lowest BCUT2D eigenvalue weighted by atomic mass is 9.83. The monoisotopic (exact) mass is 620 g/mol. The highest BCUT2D eigenvalue weighted by molar-refractivity contribution is 8.23. The Morgan fingerprint density at radius 3 is 2.53 bits per heavy atom. The number of nitrogens with zero attached hydrogens (tertiary/aromatic N) is 4. The van der Waals surface area contributed by atoms with Crippen LogP contribution in [0.15, 0.2) is 58.6 Å². The molecule has 0 bridgehead atoms. The van der Waals surface area contributed by atoms with Gasteiger partial charge in [0.25, 0.3) is 0 Å². The zero-order valence-corrected chi connectivity index (χ0v) is 24.5. The molecule has 0 radical (unpaired) electrons. The summed E-state index contributed by atoms with van der Waals surface area (Å²) in [5.74, 6) is -0.950. The molecule has 2 aliphatic rings. The highest BCUT2D eigenvalue weighted by atomic mass is 32.3. The molecule has 0 saturated carbocycles. The Kier molecular flexibility index (Phi) is 9.22. The zero-order valence-electron chi connectivity index (χ0n) is 23.7. The van der Waals surface area contributed by atoms with Crippen molar-refractivity contribution in [3.8, 4) is 6.07 Å². The van der Waals surface area contributed by atoms with Gasteiger partial charge in [0.2, 0.25) is 5.91 Å². The molecule has 10 nitrogen and oxygen atoms in total. The van der Waals surface area contributed by atoms with Gasteiger partial charge >= 0.3 is 12.2 Å². The number of allylic oxidation sites excluding steroid dienone is 1. The number of anilines is 1. The first-order valence-corrected chi connectivity index (χ1v) is 15.2. The second kappa shape index (κ2) is 12.4. The van der Waals surface area contributed by atoms with Gasteiger partial charge in [-0.05, 0) is 43.2 Å². The summed E-state index contributed by atoms with van der Waals surface area (Å²) in [6.07, 6.45) is -3.00. The van der Waals surface area contributed by atoms with Crippen LogP contribution in [0.1, 0.15) is 42.0 Å². The maximum Gasteiger partial charge on any atom is 0.416 e. The van der Waals surface area contributed by atoms with E-state index in [1.54, 1.807) is 0 Å². The summed E-state index contributed by atoms with van der Waals surface area (Å²) in [4.78, 5) is 44.7. The van der Waals surface area contributed by atoms with Crippen molar-refractivity contribution in [2.75, 3.05) is 45.0 Å². The molecule has 1 aliphatic carbocycles. The lowest BCUT2D eigenvalue weighted by molar-refractivity contribution is -0.137. The number of benzene rings is 2. The Hall–Kier alpha value is -3.90. The van der Waals surface area contributed by atoms with Gasteiger partial charge < -0.3 is 14.5 Å².